The van der Waals surface area contributed by atoms with Gasteiger partial charge >= 0.3 is 0 Å². The summed E-state index contributed by atoms with van der Waals surface area (Å²) in [6.07, 6.45) is 0.740. The second-order valence-electron chi connectivity index (χ2n) is 31.8. The Kier molecular flexibility index (Phi) is 37.3. The van der Waals surface area contributed by atoms with Crippen molar-refractivity contribution < 1.29 is 77.0 Å². The van der Waals surface area contributed by atoms with E-state index >= 15 is 9.59 Å². The molecular weight excluding hydrogens is 1520 g/mol. The first-order valence-electron chi connectivity index (χ1n) is 40.3. The summed E-state index contributed by atoms with van der Waals surface area (Å²) >= 11 is 0. The highest BCUT2D eigenvalue weighted by Gasteiger charge is 2.43. The number of hydrogen-bond acceptors (Lipinski definition) is 20. The predicted octanol–water partition coefficient (Wildman–Crippen LogP) is 0.905. The third-order valence-corrected chi connectivity index (χ3v) is 21.6. The number of nitrogens with one attached hydrogen (secondary N) is 13. The van der Waals surface area contributed by atoms with Gasteiger partial charge in [-0.15, -0.1) is 0 Å². The Labute approximate surface area is 689 Å². The van der Waals surface area contributed by atoms with Crippen molar-refractivity contribution in [2.24, 2.45) is 58.6 Å². The summed E-state index contributed by atoms with van der Waals surface area (Å²) in [5.41, 5.74) is 21.2. The van der Waals surface area contributed by atoms with Crippen LogP contribution < -0.4 is 81.0 Å². The van der Waals surface area contributed by atoms with E-state index in [1.165, 1.54) is 51.7 Å². The lowest BCUT2D eigenvalue weighted by molar-refractivity contribution is -0.143. The minimum Gasteiger partial charge on any atom is -0.508 e. The van der Waals surface area contributed by atoms with Gasteiger partial charge < -0.3 is 94.9 Å². The van der Waals surface area contributed by atoms with Crippen LogP contribution in [-0.2, 0) is 97.6 Å². The summed E-state index contributed by atoms with van der Waals surface area (Å²) in [4.78, 5) is 215. The number of fused-ring (bicyclic) bond motifs is 1. The fourth-order valence-corrected chi connectivity index (χ4v) is 13.8. The molecule has 0 bridgehead atoms. The number of para-hydroxylation sites is 1. The number of Topliss-reactive ketones (excluding diaryl/α,β-unsaturated/α-hetero) is 1. The summed E-state index contributed by atoms with van der Waals surface area (Å²) in [6.45, 7) is 20.3. The second kappa shape index (κ2) is 46.0. The molecule has 1 fully saturated rings. The first kappa shape index (κ1) is 95.6. The van der Waals surface area contributed by atoms with E-state index in [4.69, 9.17) is 17.2 Å². The molecule has 12 amide bonds. The van der Waals surface area contributed by atoms with Crippen molar-refractivity contribution in [3.05, 3.63) is 138 Å². The van der Waals surface area contributed by atoms with Gasteiger partial charge in [-0.2, -0.15) is 0 Å². The average molecular weight is 1640 g/mol. The van der Waals surface area contributed by atoms with Crippen LogP contribution in [0.5, 0.6) is 5.75 Å². The average Bonchev–Trinajstić information content (AvgIpc) is 1.72. The maximum Gasteiger partial charge on any atom is 0.260 e. The number of phenolic OH excluding ortho intramolecular Hbond substituents is 1. The number of nitrogens with two attached hydrogens (primary N) is 3. The first-order chi connectivity index (χ1) is 55.9. The van der Waals surface area contributed by atoms with Gasteiger partial charge in [0, 0.05) is 47.8 Å². The van der Waals surface area contributed by atoms with Gasteiger partial charge in [-0.3, -0.25) is 73.0 Å². The lowest BCUT2D eigenvalue weighted by atomic mass is 9.89. The van der Waals surface area contributed by atoms with Crippen LogP contribution in [0.1, 0.15) is 138 Å². The number of carbonyl (C=O) groups is 15. The van der Waals surface area contributed by atoms with Gasteiger partial charge in [-0.1, -0.05) is 153 Å². The summed E-state index contributed by atoms with van der Waals surface area (Å²) in [6, 6.07) is 16.9. The summed E-state index contributed by atoms with van der Waals surface area (Å²) < 4.78 is 0. The number of ketones is 1. The molecule has 19 atom stereocenters. The number of aromatic nitrogens is 1. The Morgan fingerprint density at radius 2 is 1.08 bits per heavy atom. The normalized spacial score (nSPS) is 17.3. The number of phenols is 1. The number of aromatic amines is 1. The number of benzene rings is 4. The fraction of sp³-hybridized carbons (Fsp3) is 0.518. The zero-order valence-corrected chi connectivity index (χ0v) is 69.6. The zero-order chi connectivity index (χ0) is 87.4. The topological polar surface area (TPSA) is 518 Å². The van der Waals surface area contributed by atoms with E-state index in [-0.39, 0.29) is 56.7 Å². The predicted molar refractivity (Wildman–Crippen MR) is 443 cm³/mol. The molecule has 0 radical (unpaired) electrons. The number of likely N-dealkylation sites (tertiary alicyclic amines) is 1. The number of hydrogen-bond donors (Lipinski definition) is 17. The van der Waals surface area contributed by atoms with Gasteiger partial charge in [0.2, 0.25) is 53.2 Å². The van der Waals surface area contributed by atoms with Crippen LogP contribution >= 0.6 is 0 Å². The van der Waals surface area contributed by atoms with Crippen LogP contribution in [0.3, 0.4) is 0 Å². The number of H-pyrrole nitrogens is 1. The molecule has 1 saturated heterocycles. The van der Waals surface area contributed by atoms with Gasteiger partial charge in [0.05, 0.1) is 54.4 Å². The third kappa shape index (κ3) is 28.2. The van der Waals surface area contributed by atoms with Crippen LogP contribution in [0, 0.1) is 41.4 Å². The molecular formula is C85H121N17O16. The monoisotopic (exact) mass is 1640 g/mol. The molecule has 1 aliphatic rings. The van der Waals surface area contributed by atoms with Crippen molar-refractivity contribution in [3.63, 3.8) is 0 Å². The van der Waals surface area contributed by atoms with Crippen molar-refractivity contribution in [1.82, 2.24) is 73.7 Å². The quantitative estimate of drug-likeness (QED) is 0.0146. The van der Waals surface area contributed by atoms with E-state index in [2.05, 4.69) is 68.8 Å². The van der Waals surface area contributed by atoms with E-state index < -0.39 is 204 Å². The number of primary amides is 1. The van der Waals surface area contributed by atoms with Gasteiger partial charge in [-0.25, -0.2) is 0 Å². The second-order valence-corrected chi connectivity index (χ2v) is 31.8. The van der Waals surface area contributed by atoms with Crippen molar-refractivity contribution in [2.45, 2.75) is 226 Å². The molecule has 20 N–H and O–H groups in total. The molecule has 1 aliphatic heterocycles. The molecule has 0 aliphatic carbocycles. The van der Waals surface area contributed by atoms with Crippen molar-refractivity contribution in [1.29, 1.82) is 0 Å². The van der Waals surface area contributed by atoms with E-state index in [9.17, 15) is 67.4 Å². The third-order valence-electron chi connectivity index (χ3n) is 21.6. The lowest BCUT2D eigenvalue weighted by Crippen LogP contribution is -2.64. The molecule has 4 aromatic carbocycles. The molecule has 118 heavy (non-hydrogen) atoms. The SMILES string of the molecule is CC[C@@H](C)[C@H](N)C(=O)[C@H](NC(=O)[C@H](C)[C@H](Cc1ccccc1)NC(=O)[C@H](C)NC(=O)CNC(=O)[C@H]1CCCN1C(=O)[C@@H](NC(=O)[C@H](Cc1ccccc1)[C@H](C)NC(=O)[C@H](NC(=O)[C@H](C)[C@H](CC(C)C)NC(=O)[C@H](C)N)N[C@@H](C=O)Cc1c[nH]c2ccccc12)N[C@@H](C=O)C(C)C)C(=O)N[C@@H](C)[C@@H](Cc1ccc(O)cc1)C(=O)N[C@@H](C)C(N)=O. The zero-order valence-electron chi connectivity index (χ0n) is 69.6. The van der Waals surface area contributed by atoms with Crippen molar-refractivity contribution in [2.75, 3.05) is 13.1 Å². The molecule has 33 heteroatoms. The van der Waals surface area contributed by atoms with Crippen LogP contribution in [0.15, 0.2) is 115 Å². The molecule has 642 valence electrons. The standard InChI is InChI=1S/C85H121N17O16/c1-14-47(6)70(87)72(107)71(83(116)92-51(10)62(80(113)94-53(12)73(88)108)38-57-31-33-60(105)34-32-57)99-76(109)49(8)66(39-56-26-19-16-20-27-56)98-79(112)54(13)91-69(106)42-90-82(115)68-30-23-35-102(68)85(118)75(96-67(44-104)46(4)5)101-81(114)63(37-55-24-17-15-18-25-55)52(11)93-84(117)74(95-59(43-103)40-58-41-89-64-29-22-21-28-61(58)64)100-77(110)48(7)65(36-45(2)3)97-78(111)50(9)86/h15-22,24-29,31-34,41,43-54,59,62-63,65-68,70-71,74-75,89,95-96,105H,14,23,30,35-40,42,86-87H2,1-13H3,(H2,88,108)(H,90,115)(H,91,106)(H,92,116)(H,93,117)(H,94,113)(H,97,111)(H,98,112)(H,99,109)(H,100,110)(H,101,114)/t47-,48-,49-,50+,51+,52+,53+,54+,59-,62-,63-,65+,66+,67+,68-,70+,71+,74+,75-/m1/s1. The Bertz CT molecular complexity index is 4260. The van der Waals surface area contributed by atoms with Crippen molar-refractivity contribution >= 4 is 100 Å². The minimum atomic E-state index is -1.94. The molecule has 5 aromatic rings. The largest absolute Gasteiger partial charge is 0.508 e. The summed E-state index contributed by atoms with van der Waals surface area (Å²) in [5, 5.41) is 43.8. The lowest BCUT2D eigenvalue weighted by Gasteiger charge is -2.33. The van der Waals surface area contributed by atoms with Gasteiger partial charge in [0.15, 0.2) is 24.2 Å². The Hall–Kier alpha value is -11.3. The molecule has 1 aromatic heterocycles. The van der Waals surface area contributed by atoms with E-state index in [0.717, 1.165) is 16.5 Å². The summed E-state index contributed by atoms with van der Waals surface area (Å²) in [7, 11) is 0. The highest BCUT2D eigenvalue weighted by molar-refractivity contribution is 6.10. The van der Waals surface area contributed by atoms with Crippen LogP contribution in [-0.4, -0.2) is 202 Å². The van der Waals surface area contributed by atoms with Crippen LogP contribution in [0.2, 0.25) is 0 Å². The Balaban J connectivity index is 1.19. The highest BCUT2D eigenvalue weighted by atomic mass is 16.3. The molecule has 0 unspecified atom stereocenters. The molecule has 0 spiro atoms. The van der Waals surface area contributed by atoms with Crippen LogP contribution in [0.4, 0.5) is 0 Å². The minimum absolute atomic E-state index is 0.00187. The molecule has 33 nitrogen and oxygen atoms in total. The number of rotatable bonds is 47. The molecule has 6 rings (SSSR count). The number of aromatic hydroxyl groups is 1. The van der Waals surface area contributed by atoms with Gasteiger partial charge in [0.1, 0.15) is 36.4 Å². The van der Waals surface area contributed by atoms with Crippen molar-refractivity contribution in [3.8, 4) is 5.75 Å². The number of amides is 12. The number of aldehydes is 2. The maximum atomic E-state index is 15.2. The van der Waals surface area contributed by atoms with E-state index in [1.807, 2.05) is 38.1 Å². The van der Waals surface area contributed by atoms with Gasteiger partial charge in [-0.05, 0) is 138 Å². The van der Waals surface area contributed by atoms with Crippen LogP contribution in [0.25, 0.3) is 10.9 Å². The van der Waals surface area contributed by atoms with Gasteiger partial charge in [0.25, 0.3) is 17.7 Å². The smallest absolute Gasteiger partial charge is 0.260 e. The van der Waals surface area contributed by atoms with E-state index in [0.29, 0.717) is 42.1 Å². The Morgan fingerprint density at radius 1 is 0.542 bits per heavy atom. The molecule has 2 heterocycles. The molecule has 0 saturated carbocycles. The maximum absolute atomic E-state index is 15.2. The first-order valence-corrected chi connectivity index (χ1v) is 40.3. The summed E-state index contributed by atoms with van der Waals surface area (Å²) in [5.74, 6) is -15.8. The Morgan fingerprint density at radius 3 is 1.65 bits per heavy atom. The number of carbonyl (C=O) groups excluding carboxylic acids is 15. The number of nitrogens with zero attached hydrogens (tertiary/aromatic N) is 1. The van der Waals surface area contributed by atoms with E-state index in [1.54, 1.807) is 121 Å². The fourth-order valence-electron chi connectivity index (χ4n) is 13.8. The highest BCUT2D eigenvalue weighted by Crippen LogP contribution is 2.25.